The average molecular weight is 290 g/mol. The standard InChI is InChI=1S/C17H26N2O2/c1-12-10-13(2)14(3)19(11-12)17(20)8-9-21-16-7-5-4-6-15(16)18/h4-7,12-14H,8-11,18H2,1-3H3. The van der Waals surface area contributed by atoms with Gasteiger partial charge in [-0.3, -0.25) is 4.79 Å². The number of carbonyl (C=O) groups is 1. The van der Waals surface area contributed by atoms with E-state index in [4.69, 9.17) is 10.5 Å². The first-order valence-corrected chi connectivity index (χ1v) is 7.75. The maximum atomic E-state index is 12.4. The molecular formula is C17H26N2O2. The average Bonchev–Trinajstić information content (AvgIpc) is 2.44. The van der Waals surface area contributed by atoms with Gasteiger partial charge in [-0.2, -0.15) is 0 Å². The van der Waals surface area contributed by atoms with E-state index in [-0.39, 0.29) is 5.91 Å². The van der Waals surface area contributed by atoms with Crippen LogP contribution in [0.3, 0.4) is 0 Å². The molecule has 3 atom stereocenters. The number of ether oxygens (including phenoxy) is 1. The van der Waals surface area contributed by atoms with Crippen LogP contribution in [-0.2, 0) is 4.79 Å². The molecule has 21 heavy (non-hydrogen) atoms. The molecule has 4 nitrogen and oxygen atoms in total. The maximum absolute atomic E-state index is 12.4. The number of hydrogen-bond donors (Lipinski definition) is 1. The highest BCUT2D eigenvalue weighted by Crippen LogP contribution is 2.27. The van der Waals surface area contributed by atoms with E-state index in [0.29, 0.717) is 42.3 Å². The summed E-state index contributed by atoms with van der Waals surface area (Å²) in [4.78, 5) is 14.4. The van der Waals surface area contributed by atoms with Gasteiger partial charge >= 0.3 is 0 Å². The third kappa shape index (κ3) is 3.90. The van der Waals surface area contributed by atoms with E-state index in [9.17, 15) is 4.79 Å². The van der Waals surface area contributed by atoms with Crippen LogP contribution in [0, 0.1) is 11.8 Å². The Morgan fingerprint density at radius 2 is 2.05 bits per heavy atom. The van der Waals surface area contributed by atoms with Crippen LogP contribution in [0.2, 0.25) is 0 Å². The fraction of sp³-hybridized carbons (Fsp3) is 0.588. The van der Waals surface area contributed by atoms with Gasteiger partial charge in [-0.1, -0.05) is 26.0 Å². The minimum Gasteiger partial charge on any atom is -0.491 e. The van der Waals surface area contributed by atoms with E-state index in [2.05, 4.69) is 20.8 Å². The molecule has 1 aliphatic heterocycles. The summed E-state index contributed by atoms with van der Waals surface area (Å²) in [6.07, 6.45) is 1.60. The molecule has 1 aliphatic rings. The Morgan fingerprint density at radius 3 is 2.76 bits per heavy atom. The van der Waals surface area contributed by atoms with Gasteiger partial charge in [-0.25, -0.2) is 0 Å². The van der Waals surface area contributed by atoms with Crippen molar-refractivity contribution in [2.24, 2.45) is 11.8 Å². The fourth-order valence-electron chi connectivity index (χ4n) is 3.05. The van der Waals surface area contributed by atoms with Crippen molar-refractivity contribution in [1.82, 2.24) is 4.90 Å². The first-order valence-electron chi connectivity index (χ1n) is 7.75. The molecule has 0 aromatic heterocycles. The highest BCUT2D eigenvalue weighted by atomic mass is 16.5. The Balaban J connectivity index is 1.85. The fourth-order valence-corrected chi connectivity index (χ4v) is 3.05. The molecule has 4 heteroatoms. The third-order valence-corrected chi connectivity index (χ3v) is 4.41. The third-order valence-electron chi connectivity index (χ3n) is 4.41. The van der Waals surface area contributed by atoms with Gasteiger partial charge < -0.3 is 15.4 Å². The lowest BCUT2D eigenvalue weighted by Gasteiger charge is -2.41. The predicted octanol–water partition coefficient (Wildman–Crippen LogP) is 2.93. The van der Waals surface area contributed by atoms with Gasteiger partial charge in [0.15, 0.2) is 0 Å². The molecule has 1 saturated heterocycles. The van der Waals surface area contributed by atoms with Gasteiger partial charge in [0.2, 0.25) is 5.91 Å². The molecule has 0 spiro atoms. The summed E-state index contributed by atoms with van der Waals surface area (Å²) in [5.41, 5.74) is 6.43. The quantitative estimate of drug-likeness (QED) is 0.867. The monoisotopic (exact) mass is 290 g/mol. The molecule has 2 rings (SSSR count). The lowest BCUT2D eigenvalue weighted by Crippen LogP contribution is -2.49. The number of nitrogens with two attached hydrogens (primary N) is 1. The number of nitrogen functional groups attached to an aromatic ring is 1. The summed E-state index contributed by atoms with van der Waals surface area (Å²) in [6, 6.07) is 7.69. The largest absolute Gasteiger partial charge is 0.491 e. The molecule has 3 unspecified atom stereocenters. The second-order valence-electron chi connectivity index (χ2n) is 6.24. The molecule has 1 fully saturated rings. The SMILES string of the molecule is CC1CC(C)C(C)N(C(=O)CCOc2ccccc2N)C1. The van der Waals surface area contributed by atoms with Crippen LogP contribution in [0.15, 0.2) is 24.3 Å². The molecule has 0 saturated carbocycles. The van der Waals surface area contributed by atoms with Crippen LogP contribution in [0.4, 0.5) is 5.69 Å². The molecule has 2 N–H and O–H groups in total. The van der Waals surface area contributed by atoms with Crippen LogP contribution < -0.4 is 10.5 Å². The number of rotatable bonds is 4. The van der Waals surface area contributed by atoms with Crippen molar-refractivity contribution in [1.29, 1.82) is 0 Å². The number of piperidine rings is 1. The summed E-state index contributed by atoms with van der Waals surface area (Å²) in [5.74, 6) is 1.96. The Kier molecular flexibility index (Phi) is 5.10. The van der Waals surface area contributed by atoms with Gasteiger partial charge in [-0.05, 0) is 37.3 Å². The van der Waals surface area contributed by atoms with Crippen LogP contribution in [-0.4, -0.2) is 30.0 Å². The molecule has 116 valence electrons. The molecule has 0 bridgehead atoms. The zero-order valence-corrected chi connectivity index (χ0v) is 13.2. The number of benzene rings is 1. The number of carbonyl (C=O) groups excluding carboxylic acids is 1. The summed E-state index contributed by atoms with van der Waals surface area (Å²) >= 11 is 0. The van der Waals surface area contributed by atoms with Crippen molar-refractivity contribution in [2.75, 3.05) is 18.9 Å². The van der Waals surface area contributed by atoms with E-state index in [1.54, 1.807) is 6.07 Å². The topological polar surface area (TPSA) is 55.6 Å². The lowest BCUT2D eigenvalue weighted by atomic mass is 9.86. The highest BCUT2D eigenvalue weighted by molar-refractivity contribution is 5.76. The van der Waals surface area contributed by atoms with Crippen LogP contribution >= 0.6 is 0 Å². The van der Waals surface area contributed by atoms with Crippen LogP contribution in [0.25, 0.3) is 0 Å². The van der Waals surface area contributed by atoms with E-state index in [1.165, 1.54) is 6.42 Å². The number of nitrogens with zero attached hydrogens (tertiary/aromatic N) is 1. The molecular weight excluding hydrogens is 264 g/mol. The summed E-state index contributed by atoms with van der Waals surface area (Å²) in [7, 11) is 0. The molecule has 1 heterocycles. The first-order chi connectivity index (χ1) is 9.99. The van der Waals surface area contributed by atoms with Crippen LogP contribution in [0.5, 0.6) is 5.75 Å². The second-order valence-corrected chi connectivity index (χ2v) is 6.24. The van der Waals surface area contributed by atoms with Gasteiger partial charge in [0.25, 0.3) is 0 Å². The lowest BCUT2D eigenvalue weighted by molar-refractivity contribution is -0.137. The summed E-state index contributed by atoms with van der Waals surface area (Å²) in [5, 5.41) is 0. The van der Waals surface area contributed by atoms with Crippen molar-refractivity contribution in [3.8, 4) is 5.75 Å². The molecule has 1 aromatic carbocycles. The number of amides is 1. The van der Waals surface area contributed by atoms with Gasteiger partial charge in [0.05, 0.1) is 18.7 Å². The van der Waals surface area contributed by atoms with E-state index >= 15 is 0 Å². The molecule has 0 radical (unpaired) electrons. The van der Waals surface area contributed by atoms with E-state index < -0.39 is 0 Å². The first kappa shape index (κ1) is 15.7. The number of hydrogen-bond acceptors (Lipinski definition) is 3. The minimum absolute atomic E-state index is 0.176. The normalized spacial score (nSPS) is 25.7. The van der Waals surface area contributed by atoms with Crippen molar-refractivity contribution < 1.29 is 9.53 Å². The van der Waals surface area contributed by atoms with Gasteiger partial charge in [0.1, 0.15) is 5.75 Å². The number of para-hydroxylation sites is 2. The van der Waals surface area contributed by atoms with E-state index in [0.717, 1.165) is 6.54 Å². The van der Waals surface area contributed by atoms with Crippen LogP contribution in [0.1, 0.15) is 33.6 Å². The van der Waals surface area contributed by atoms with Crippen molar-refractivity contribution >= 4 is 11.6 Å². The van der Waals surface area contributed by atoms with Crippen molar-refractivity contribution in [3.05, 3.63) is 24.3 Å². The maximum Gasteiger partial charge on any atom is 0.226 e. The Labute approximate surface area is 127 Å². The number of anilines is 1. The van der Waals surface area contributed by atoms with Crippen molar-refractivity contribution in [2.45, 2.75) is 39.7 Å². The smallest absolute Gasteiger partial charge is 0.226 e. The predicted molar refractivity (Wildman–Crippen MR) is 85.1 cm³/mol. The zero-order valence-electron chi connectivity index (χ0n) is 13.2. The Hall–Kier alpha value is -1.71. The highest BCUT2D eigenvalue weighted by Gasteiger charge is 2.31. The Morgan fingerprint density at radius 1 is 1.33 bits per heavy atom. The van der Waals surface area contributed by atoms with Crippen molar-refractivity contribution in [3.63, 3.8) is 0 Å². The zero-order chi connectivity index (χ0) is 15.4. The minimum atomic E-state index is 0.176. The van der Waals surface area contributed by atoms with E-state index in [1.807, 2.05) is 23.1 Å². The molecule has 1 amide bonds. The molecule has 1 aromatic rings. The van der Waals surface area contributed by atoms with Gasteiger partial charge in [0, 0.05) is 12.6 Å². The Bertz CT molecular complexity index is 489. The second kappa shape index (κ2) is 6.83. The summed E-state index contributed by atoms with van der Waals surface area (Å²) in [6.45, 7) is 7.81. The summed E-state index contributed by atoms with van der Waals surface area (Å²) < 4.78 is 5.61. The molecule has 0 aliphatic carbocycles. The van der Waals surface area contributed by atoms with Gasteiger partial charge in [-0.15, -0.1) is 0 Å². The number of likely N-dealkylation sites (tertiary alicyclic amines) is 1.